The van der Waals surface area contributed by atoms with Crippen molar-refractivity contribution in [2.75, 3.05) is 43.1 Å². The van der Waals surface area contributed by atoms with Gasteiger partial charge in [0, 0.05) is 37.2 Å². The second-order valence-electron chi connectivity index (χ2n) is 13.0. The smallest absolute Gasteiger partial charge is 0.378 e. The summed E-state index contributed by atoms with van der Waals surface area (Å²) in [5.41, 5.74) is 3.46. The number of carbonyl (C=O) groups excluding carboxylic acids is 3. The zero-order valence-electron chi connectivity index (χ0n) is 28.7. The van der Waals surface area contributed by atoms with Gasteiger partial charge in [-0.1, -0.05) is 42.1 Å². The third-order valence-corrected chi connectivity index (χ3v) is 10.7. The summed E-state index contributed by atoms with van der Waals surface area (Å²) in [5.74, 6) is -0.803. The zero-order chi connectivity index (χ0) is 37.0. The number of amides is 3. The Balaban J connectivity index is 1.02. The standard InChI is InChI=1S/C39H37F3N6O4S/c40-39(41,42)28-10-6-26(7-11-28)24-34(49)47-19-3-5-33(47)36(50)44-29-12-8-27(9-13-29)35-37(51)48(25-31-4-1-2-18-43-31)38(53-35)45-30-14-16-32(17-15-30)46-20-22-52-23-21-46/h1-2,4,6-18,33,35H,3,5,19-25H2,(H,44,50)/t33-,35?/m1/s1. The molecule has 0 radical (unpaired) electrons. The molecule has 0 saturated carbocycles. The Morgan fingerprint density at radius 3 is 2.34 bits per heavy atom. The van der Waals surface area contributed by atoms with Crippen molar-refractivity contribution < 1.29 is 32.3 Å². The quantitative estimate of drug-likeness (QED) is 0.206. The Morgan fingerprint density at radius 2 is 1.66 bits per heavy atom. The average molecular weight is 743 g/mol. The Kier molecular flexibility index (Phi) is 10.8. The minimum absolute atomic E-state index is 0.105. The molecule has 0 bridgehead atoms. The van der Waals surface area contributed by atoms with Crippen LogP contribution >= 0.6 is 11.8 Å². The van der Waals surface area contributed by atoms with E-state index in [0.29, 0.717) is 49.0 Å². The summed E-state index contributed by atoms with van der Waals surface area (Å²) in [6.45, 7) is 3.68. The zero-order valence-corrected chi connectivity index (χ0v) is 29.5. The van der Waals surface area contributed by atoms with E-state index in [2.05, 4.69) is 15.2 Å². The molecule has 3 amide bonds. The number of morpholine rings is 1. The fourth-order valence-electron chi connectivity index (χ4n) is 6.61. The number of thioether (sulfide) groups is 1. The molecule has 4 aromatic rings. The SMILES string of the molecule is O=C(Nc1ccc(C2SC(=Nc3ccc(N4CCOCC4)cc3)N(Cc3ccccn3)C2=O)cc1)[C@H]1CCCN1C(=O)Cc1ccc(C(F)(F)F)cc1. The van der Waals surface area contributed by atoms with Gasteiger partial charge in [0.2, 0.25) is 17.7 Å². The van der Waals surface area contributed by atoms with E-state index in [1.807, 2.05) is 42.5 Å². The van der Waals surface area contributed by atoms with Crippen LogP contribution in [0.3, 0.4) is 0 Å². The number of amidine groups is 1. The summed E-state index contributed by atoms with van der Waals surface area (Å²) in [4.78, 5) is 55.1. The van der Waals surface area contributed by atoms with Crippen molar-refractivity contribution in [3.8, 4) is 0 Å². The van der Waals surface area contributed by atoms with Gasteiger partial charge in [0.25, 0.3) is 0 Å². The number of halogens is 3. The van der Waals surface area contributed by atoms with Gasteiger partial charge in [-0.3, -0.25) is 24.3 Å². The van der Waals surface area contributed by atoms with Crippen molar-refractivity contribution in [2.24, 2.45) is 4.99 Å². The lowest BCUT2D eigenvalue weighted by atomic mass is 10.1. The number of hydrogen-bond acceptors (Lipinski definition) is 8. The minimum atomic E-state index is -4.46. The van der Waals surface area contributed by atoms with E-state index >= 15 is 0 Å². The van der Waals surface area contributed by atoms with Gasteiger partial charge in [-0.15, -0.1) is 0 Å². The van der Waals surface area contributed by atoms with Gasteiger partial charge in [-0.05, 0) is 84.6 Å². The van der Waals surface area contributed by atoms with Crippen LogP contribution in [-0.4, -0.2) is 76.6 Å². The second-order valence-corrected chi connectivity index (χ2v) is 14.1. The monoisotopic (exact) mass is 742 g/mol. The molecule has 3 fully saturated rings. The van der Waals surface area contributed by atoms with Gasteiger partial charge in [-0.2, -0.15) is 13.2 Å². The summed E-state index contributed by atoms with van der Waals surface area (Å²) in [7, 11) is 0. The topological polar surface area (TPSA) is 107 Å². The van der Waals surface area contributed by atoms with E-state index in [9.17, 15) is 27.6 Å². The molecule has 7 rings (SSSR count). The summed E-state index contributed by atoms with van der Waals surface area (Å²) in [6.07, 6.45) is -1.77. The molecule has 1 aromatic heterocycles. The summed E-state index contributed by atoms with van der Waals surface area (Å²) >= 11 is 1.36. The third kappa shape index (κ3) is 8.55. The number of benzene rings is 3. The first-order chi connectivity index (χ1) is 25.6. The molecule has 3 aliphatic heterocycles. The number of nitrogens with one attached hydrogen (secondary N) is 1. The highest BCUT2D eigenvalue weighted by molar-refractivity contribution is 8.15. The molecule has 14 heteroatoms. The fraction of sp³-hybridized carbons (Fsp3) is 0.308. The number of rotatable bonds is 9. The molecule has 0 spiro atoms. The predicted octanol–water partition coefficient (Wildman–Crippen LogP) is 6.61. The third-order valence-electron chi connectivity index (χ3n) is 9.43. The number of pyridine rings is 1. The Morgan fingerprint density at radius 1 is 0.925 bits per heavy atom. The molecule has 53 heavy (non-hydrogen) atoms. The lowest BCUT2D eigenvalue weighted by molar-refractivity contribution is -0.137. The summed E-state index contributed by atoms with van der Waals surface area (Å²) < 4.78 is 44.3. The highest BCUT2D eigenvalue weighted by Gasteiger charge is 2.40. The molecule has 1 unspecified atom stereocenters. The van der Waals surface area contributed by atoms with Crippen molar-refractivity contribution in [3.63, 3.8) is 0 Å². The molecule has 3 aromatic carbocycles. The minimum Gasteiger partial charge on any atom is -0.378 e. The second kappa shape index (κ2) is 15.8. The fourth-order valence-corrected chi connectivity index (χ4v) is 7.79. The Hall–Kier alpha value is -5.21. The predicted molar refractivity (Wildman–Crippen MR) is 197 cm³/mol. The van der Waals surface area contributed by atoms with E-state index in [1.165, 1.54) is 28.8 Å². The van der Waals surface area contributed by atoms with Crippen LogP contribution in [-0.2, 0) is 38.3 Å². The number of anilines is 2. The van der Waals surface area contributed by atoms with Gasteiger partial charge in [-0.25, -0.2) is 4.99 Å². The Labute approximate surface area is 309 Å². The molecule has 3 saturated heterocycles. The maximum Gasteiger partial charge on any atom is 0.416 e. The van der Waals surface area contributed by atoms with E-state index in [4.69, 9.17) is 9.73 Å². The maximum atomic E-state index is 13.9. The molecule has 0 aliphatic carbocycles. The number of aromatic nitrogens is 1. The van der Waals surface area contributed by atoms with Gasteiger partial charge in [0.15, 0.2) is 5.17 Å². The normalized spacial score (nSPS) is 19.9. The molecule has 4 heterocycles. The van der Waals surface area contributed by atoms with E-state index in [0.717, 1.165) is 47.9 Å². The van der Waals surface area contributed by atoms with Crippen LogP contribution in [0.5, 0.6) is 0 Å². The average Bonchev–Trinajstić information content (AvgIpc) is 3.78. The van der Waals surface area contributed by atoms with Crippen LogP contribution < -0.4 is 10.2 Å². The van der Waals surface area contributed by atoms with Crippen molar-refractivity contribution >= 4 is 51.7 Å². The molecule has 274 valence electrons. The molecule has 3 aliphatic rings. The molecular weight excluding hydrogens is 706 g/mol. The van der Waals surface area contributed by atoms with Crippen molar-refractivity contribution in [3.05, 3.63) is 120 Å². The molecule has 2 atom stereocenters. The van der Waals surface area contributed by atoms with Crippen LogP contribution in [0.15, 0.2) is 102 Å². The largest absolute Gasteiger partial charge is 0.416 e. The van der Waals surface area contributed by atoms with Gasteiger partial charge < -0.3 is 19.9 Å². The van der Waals surface area contributed by atoms with E-state index in [-0.39, 0.29) is 30.7 Å². The lowest BCUT2D eigenvalue weighted by Crippen LogP contribution is -2.43. The first-order valence-electron chi connectivity index (χ1n) is 17.4. The first-order valence-corrected chi connectivity index (χ1v) is 18.3. The molecule has 1 N–H and O–H groups in total. The maximum absolute atomic E-state index is 13.9. The molecular formula is C39H37F3N6O4S. The highest BCUT2D eigenvalue weighted by Crippen LogP contribution is 2.41. The summed E-state index contributed by atoms with van der Waals surface area (Å²) in [5, 5.41) is 2.89. The van der Waals surface area contributed by atoms with Crippen LogP contribution in [0.25, 0.3) is 0 Å². The van der Waals surface area contributed by atoms with Crippen LogP contribution in [0.1, 0.15) is 40.5 Å². The van der Waals surface area contributed by atoms with Gasteiger partial charge >= 0.3 is 6.18 Å². The number of alkyl halides is 3. The van der Waals surface area contributed by atoms with Crippen LogP contribution in [0.4, 0.5) is 30.2 Å². The van der Waals surface area contributed by atoms with Crippen LogP contribution in [0, 0.1) is 0 Å². The lowest BCUT2D eigenvalue weighted by Gasteiger charge is -2.28. The Bertz CT molecular complexity index is 1950. The van der Waals surface area contributed by atoms with Gasteiger partial charge in [0.05, 0.1) is 43.1 Å². The van der Waals surface area contributed by atoms with Crippen molar-refractivity contribution in [2.45, 2.75) is 43.3 Å². The number of likely N-dealkylation sites (tertiary alicyclic amines) is 1. The number of nitrogens with zero attached hydrogens (tertiary/aromatic N) is 5. The van der Waals surface area contributed by atoms with Crippen molar-refractivity contribution in [1.82, 2.24) is 14.8 Å². The number of hydrogen-bond donors (Lipinski definition) is 1. The number of ether oxygens (including phenoxy) is 1. The van der Waals surface area contributed by atoms with E-state index in [1.54, 1.807) is 35.4 Å². The molecule has 10 nitrogen and oxygen atoms in total. The van der Waals surface area contributed by atoms with Crippen molar-refractivity contribution in [1.29, 1.82) is 0 Å². The van der Waals surface area contributed by atoms with Crippen LogP contribution in [0.2, 0.25) is 0 Å². The summed E-state index contributed by atoms with van der Waals surface area (Å²) in [6, 6.07) is 24.3. The number of aliphatic imine (C=N–C) groups is 1. The number of carbonyl (C=O) groups is 3. The van der Waals surface area contributed by atoms with E-state index < -0.39 is 23.0 Å². The first kappa shape index (κ1) is 36.2. The van der Waals surface area contributed by atoms with Gasteiger partial charge in [0.1, 0.15) is 11.3 Å². The highest BCUT2D eigenvalue weighted by atomic mass is 32.2.